The Balaban J connectivity index is 2.75. The molecule has 5 amide bonds. The number of likely N-dealkylation sites (tertiary alicyclic amines) is 1. The second kappa shape index (κ2) is 14.6. The first-order chi connectivity index (χ1) is 16.9. The lowest BCUT2D eigenvalue weighted by atomic mass is 10.0. The maximum atomic E-state index is 13.0. The fourth-order valence-electron chi connectivity index (χ4n) is 3.58. The molecule has 1 aliphatic rings. The van der Waals surface area contributed by atoms with Gasteiger partial charge >= 0.3 is 11.9 Å². The molecule has 0 aromatic heterocycles. The summed E-state index contributed by atoms with van der Waals surface area (Å²) < 4.78 is 0. The number of aliphatic carboxylic acids is 2. The molecule has 1 heterocycles. The van der Waals surface area contributed by atoms with Crippen LogP contribution in [0.4, 0.5) is 0 Å². The van der Waals surface area contributed by atoms with Gasteiger partial charge in [-0.2, -0.15) is 0 Å². The molecule has 0 aromatic carbocycles. The first-order valence-corrected chi connectivity index (χ1v) is 11.5. The van der Waals surface area contributed by atoms with Gasteiger partial charge in [0.05, 0.1) is 13.1 Å². The molecule has 3 atom stereocenters. The van der Waals surface area contributed by atoms with Gasteiger partial charge in [-0.05, 0) is 25.2 Å². The highest BCUT2D eigenvalue weighted by Gasteiger charge is 2.38. The molecule has 0 spiro atoms. The predicted octanol–water partition coefficient (Wildman–Crippen LogP) is -3.26. The van der Waals surface area contributed by atoms with Gasteiger partial charge < -0.3 is 42.1 Å². The molecule has 8 N–H and O–H groups in total. The minimum atomic E-state index is -1.33. The molecule has 0 radical (unpaired) electrons. The van der Waals surface area contributed by atoms with E-state index in [0.717, 1.165) is 0 Å². The lowest BCUT2D eigenvalue weighted by Crippen LogP contribution is -2.56. The van der Waals surface area contributed by atoms with Gasteiger partial charge in [-0.1, -0.05) is 13.8 Å². The largest absolute Gasteiger partial charge is 0.481 e. The molecule has 0 aromatic rings. The number of nitrogens with two attached hydrogens (primary N) is 1. The van der Waals surface area contributed by atoms with Crippen molar-refractivity contribution >= 4 is 41.5 Å². The standard InChI is InChI=1S/C21H34N6O9/c1-11(2)18(26-14(28)8-22)21(36)27-7-3-4-13(27)20(35)23-9-15(29)25-12(5-6-16(30)31)19(34)24-10-17(32)33/h11-13,18H,3-10,22H2,1-2H3,(H,23,35)(H,24,34)(H,25,29)(H,26,28)(H,30,31)(H,32,33)/t12-,13-,18-/m0/s1. The zero-order valence-electron chi connectivity index (χ0n) is 20.2. The number of carboxylic acids is 2. The summed E-state index contributed by atoms with van der Waals surface area (Å²) in [5.74, 6) is -6.07. The number of carbonyl (C=O) groups excluding carboxylic acids is 5. The zero-order chi connectivity index (χ0) is 27.4. The molecular formula is C21H34N6O9. The number of hydrogen-bond donors (Lipinski definition) is 7. The van der Waals surface area contributed by atoms with Crippen LogP contribution in [0.3, 0.4) is 0 Å². The summed E-state index contributed by atoms with van der Waals surface area (Å²) in [6.07, 6.45) is 0.117. The lowest BCUT2D eigenvalue weighted by molar-refractivity contribution is -0.142. The van der Waals surface area contributed by atoms with Crippen molar-refractivity contribution in [1.29, 1.82) is 0 Å². The summed E-state index contributed by atoms with van der Waals surface area (Å²) in [6.45, 7) is 2.18. The minimum Gasteiger partial charge on any atom is -0.481 e. The highest BCUT2D eigenvalue weighted by Crippen LogP contribution is 2.20. The average molecular weight is 515 g/mol. The third-order valence-corrected chi connectivity index (χ3v) is 5.41. The van der Waals surface area contributed by atoms with Gasteiger partial charge in [0.2, 0.25) is 29.5 Å². The van der Waals surface area contributed by atoms with Gasteiger partial charge in [-0.15, -0.1) is 0 Å². The highest BCUT2D eigenvalue weighted by atomic mass is 16.4. The third-order valence-electron chi connectivity index (χ3n) is 5.41. The third kappa shape index (κ3) is 9.85. The highest BCUT2D eigenvalue weighted by molar-refractivity contribution is 5.95. The van der Waals surface area contributed by atoms with Gasteiger partial charge in [0.25, 0.3) is 0 Å². The Morgan fingerprint density at radius 1 is 0.944 bits per heavy atom. The van der Waals surface area contributed by atoms with E-state index in [0.29, 0.717) is 12.8 Å². The van der Waals surface area contributed by atoms with Crippen molar-refractivity contribution in [3.05, 3.63) is 0 Å². The molecule has 0 unspecified atom stereocenters. The fraction of sp³-hybridized carbons (Fsp3) is 0.667. The van der Waals surface area contributed by atoms with Crippen LogP contribution in [-0.4, -0.2) is 101 Å². The molecule has 202 valence electrons. The van der Waals surface area contributed by atoms with Gasteiger partial charge in [0.1, 0.15) is 24.7 Å². The van der Waals surface area contributed by atoms with Crippen molar-refractivity contribution in [3.8, 4) is 0 Å². The van der Waals surface area contributed by atoms with Gasteiger partial charge in [-0.3, -0.25) is 33.6 Å². The van der Waals surface area contributed by atoms with Crippen LogP contribution in [0.15, 0.2) is 0 Å². The van der Waals surface area contributed by atoms with E-state index in [9.17, 15) is 33.6 Å². The predicted molar refractivity (Wildman–Crippen MR) is 123 cm³/mol. The maximum Gasteiger partial charge on any atom is 0.322 e. The molecule has 1 aliphatic heterocycles. The zero-order valence-corrected chi connectivity index (χ0v) is 20.2. The van der Waals surface area contributed by atoms with Crippen molar-refractivity contribution in [2.75, 3.05) is 26.2 Å². The molecule has 15 nitrogen and oxygen atoms in total. The van der Waals surface area contributed by atoms with Crippen molar-refractivity contribution < 1.29 is 43.8 Å². The fourth-order valence-corrected chi connectivity index (χ4v) is 3.58. The number of hydrogen-bond acceptors (Lipinski definition) is 8. The van der Waals surface area contributed by atoms with Gasteiger partial charge in [-0.25, -0.2) is 0 Å². The van der Waals surface area contributed by atoms with Crippen molar-refractivity contribution in [3.63, 3.8) is 0 Å². The Bertz CT molecular complexity index is 863. The van der Waals surface area contributed by atoms with Crippen molar-refractivity contribution in [1.82, 2.24) is 26.2 Å². The number of amides is 5. The van der Waals surface area contributed by atoms with Crippen LogP contribution in [0, 0.1) is 5.92 Å². The number of rotatable bonds is 14. The summed E-state index contributed by atoms with van der Waals surface area (Å²) in [4.78, 5) is 84.7. The topological polar surface area (TPSA) is 237 Å². The Hall–Kier alpha value is -3.75. The number of carbonyl (C=O) groups is 7. The Kier molecular flexibility index (Phi) is 12.3. The van der Waals surface area contributed by atoms with Crippen LogP contribution < -0.4 is 27.0 Å². The summed E-state index contributed by atoms with van der Waals surface area (Å²) in [7, 11) is 0. The molecule has 15 heteroatoms. The van der Waals surface area contributed by atoms with Crippen LogP contribution in [0.1, 0.15) is 39.5 Å². The number of carboxylic acid groups (broad SMARTS) is 2. The number of nitrogens with zero attached hydrogens (tertiary/aromatic N) is 1. The van der Waals surface area contributed by atoms with Crippen LogP contribution >= 0.6 is 0 Å². The molecule has 0 aliphatic carbocycles. The summed E-state index contributed by atoms with van der Waals surface area (Å²) in [6, 6.07) is -3.08. The Morgan fingerprint density at radius 2 is 1.61 bits per heavy atom. The minimum absolute atomic E-state index is 0.266. The van der Waals surface area contributed by atoms with E-state index >= 15 is 0 Å². The normalized spacial score (nSPS) is 16.6. The van der Waals surface area contributed by atoms with E-state index < -0.39 is 79.1 Å². The van der Waals surface area contributed by atoms with E-state index in [1.165, 1.54) is 4.90 Å². The van der Waals surface area contributed by atoms with E-state index in [1.807, 2.05) is 0 Å². The summed E-state index contributed by atoms with van der Waals surface area (Å²) >= 11 is 0. The molecule has 1 rings (SSSR count). The Morgan fingerprint density at radius 3 is 2.17 bits per heavy atom. The smallest absolute Gasteiger partial charge is 0.322 e. The van der Waals surface area contributed by atoms with Crippen LogP contribution in [0.2, 0.25) is 0 Å². The molecule has 1 saturated heterocycles. The van der Waals surface area contributed by atoms with Crippen LogP contribution in [0.25, 0.3) is 0 Å². The van der Waals surface area contributed by atoms with E-state index in [1.54, 1.807) is 13.8 Å². The van der Waals surface area contributed by atoms with E-state index in [-0.39, 0.29) is 25.4 Å². The molecule has 0 saturated carbocycles. The number of nitrogens with one attached hydrogen (secondary N) is 4. The van der Waals surface area contributed by atoms with E-state index in [2.05, 4.69) is 21.3 Å². The van der Waals surface area contributed by atoms with Crippen LogP contribution in [-0.2, 0) is 33.6 Å². The molecule has 0 bridgehead atoms. The molecule has 1 fully saturated rings. The van der Waals surface area contributed by atoms with Crippen molar-refractivity contribution in [2.45, 2.75) is 57.7 Å². The molecular weight excluding hydrogens is 480 g/mol. The summed E-state index contributed by atoms with van der Waals surface area (Å²) in [5.41, 5.74) is 5.32. The van der Waals surface area contributed by atoms with E-state index in [4.69, 9.17) is 15.9 Å². The first-order valence-electron chi connectivity index (χ1n) is 11.5. The van der Waals surface area contributed by atoms with Gasteiger partial charge in [0, 0.05) is 13.0 Å². The Labute approximate surface area is 207 Å². The second-order valence-electron chi connectivity index (χ2n) is 8.56. The lowest BCUT2D eigenvalue weighted by Gasteiger charge is -2.30. The second-order valence-corrected chi connectivity index (χ2v) is 8.56. The summed E-state index contributed by atoms with van der Waals surface area (Å²) in [5, 5.41) is 26.8. The average Bonchev–Trinajstić information content (AvgIpc) is 3.31. The SMILES string of the molecule is CC(C)[C@H](NC(=O)CN)C(=O)N1CCC[C@H]1C(=O)NCC(=O)N[C@@H](CCC(=O)O)C(=O)NCC(=O)O. The van der Waals surface area contributed by atoms with Crippen molar-refractivity contribution in [2.24, 2.45) is 11.7 Å². The first kappa shape index (κ1) is 30.3. The maximum absolute atomic E-state index is 13.0. The monoisotopic (exact) mass is 514 g/mol. The molecule has 36 heavy (non-hydrogen) atoms. The van der Waals surface area contributed by atoms with Gasteiger partial charge in [0.15, 0.2) is 0 Å². The van der Waals surface area contributed by atoms with Crippen LogP contribution in [0.5, 0.6) is 0 Å². The quantitative estimate of drug-likeness (QED) is 0.122.